The normalized spacial score (nSPS) is 12.3. The molecule has 6 nitrogen and oxygen atoms in total. The molecule has 0 aliphatic heterocycles. The molecule has 1 atom stereocenters. The van der Waals surface area contributed by atoms with Gasteiger partial charge in [-0.2, -0.15) is 13.2 Å². The molecule has 0 unspecified atom stereocenters. The van der Waals surface area contributed by atoms with Gasteiger partial charge in [0, 0.05) is 35.2 Å². The van der Waals surface area contributed by atoms with Gasteiger partial charge in [0.2, 0.25) is 11.0 Å². The Kier molecular flexibility index (Phi) is 8.27. The van der Waals surface area contributed by atoms with Gasteiger partial charge in [0.1, 0.15) is 5.01 Å². The van der Waals surface area contributed by atoms with E-state index < -0.39 is 17.6 Å². The van der Waals surface area contributed by atoms with Gasteiger partial charge in [-0.1, -0.05) is 42.0 Å². The van der Waals surface area contributed by atoms with Crippen LogP contribution in [0.25, 0.3) is 10.6 Å². The van der Waals surface area contributed by atoms with Crippen molar-refractivity contribution in [3.63, 3.8) is 0 Å². The summed E-state index contributed by atoms with van der Waals surface area (Å²) in [4.78, 5) is 26.9. The molecule has 0 bridgehead atoms. The van der Waals surface area contributed by atoms with Crippen molar-refractivity contribution >= 4 is 39.9 Å². The third kappa shape index (κ3) is 6.54. The Bertz CT molecular complexity index is 1130. The monoisotopic (exact) mass is 510 g/mol. The second kappa shape index (κ2) is 11.0. The van der Waals surface area contributed by atoms with Crippen LogP contribution in [0.2, 0.25) is 5.02 Å². The van der Waals surface area contributed by atoms with Gasteiger partial charge in [0.15, 0.2) is 0 Å². The zero-order valence-corrected chi connectivity index (χ0v) is 20.0. The van der Waals surface area contributed by atoms with Crippen LogP contribution in [0.4, 0.5) is 18.3 Å². The molecule has 2 amide bonds. The number of carbonyl (C=O) groups excluding carboxylic acids is 2. The summed E-state index contributed by atoms with van der Waals surface area (Å²) < 4.78 is 38.4. The van der Waals surface area contributed by atoms with Gasteiger partial charge < -0.3 is 10.2 Å². The predicted molar refractivity (Wildman–Crippen MR) is 126 cm³/mol. The van der Waals surface area contributed by atoms with Gasteiger partial charge in [-0.15, -0.1) is 10.2 Å². The highest BCUT2D eigenvalue weighted by Gasteiger charge is 2.30. The summed E-state index contributed by atoms with van der Waals surface area (Å²) >= 11 is 7.09. The highest BCUT2D eigenvalue weighted by molar-refractivity contribution is 7.18. The largest absolute Gasteiger partial charge is 0.416 e. The maximum Gasteiger partial charge on any atom is 0.416 e. The molecule has 3 rings (SSSR count). The van der Waals surface area contributed by atoms with Crippen molar-refractivity contribution in [2.75, 3.05) is 11.9 Å². The zero-order chi connectivity index (χ0) is 24.9. The van der Waals surface area contributed by atoms with Crippen molar-refractivity contribution in [3.05, 3.63) is 64.7 Å². The fraction of sp³-hybridized carbons (Fsp3) is 0.304. The highest BCUT2D eigenvalue weighted by Crippen LogP contribution is 2.30. The van der Waals surface area contributed by atoms with Gasteiger partial charge in [-0.05, 0) is 49.7 Å². The first kappa shape index (κ1) is 25.6. The van der Waals surface area contributed by atoms with E-state index in [4.69, 9.17) is 11.6 Å². The number of hydrogen-bond donors (Lipinski definition) is 1. The summed E-state index contributed by atoms with van der Waals surface area (Å²) in [5.41, 5.74) is 0.117. The molecule has 11 heteroatoms. The van der Waals surface area contributed by atoms with Crippen molar-refractivity contribution < 1.29 is 22.8 Å². The fourth-order valence-electron chi connectivity index (χ4n) is 3.10. The third-order valence-electron chi connectivity index (χ3n) is 5.19. The van der Waals surface area contributed by atoms with Crippen molar-refractivity contribution in [1.29, 1.82) is 0 Å². The van der Waals surface area contributed by atoms with Crippen LogP contribution in [0.15, 0.2) is 48.5 Å². The van der Waals surface area contributed by atoms with Crippen LogP contribution in [0.5, 0.6) is 0 Å². The van der Waals surface area contributed by atoms with Gasteiger partial charge in [-0.3, -0.25) is 9.59 Å². The number of amides is 2. The van der Waals surface area contributed by atoms with E-state index in [1.807, 2.05) is 13.8 Å². The van der Waals surface area contributed by atoms with E-state index in [-0.39, 0.29) is 30.5 Å². The lowest BCUT2D eigenvalue weighted by atomic mass is 10.1. The van der Waals surface area contributed by atoms with Crippen LogP contribution in [-0.4, -0.2) is 39.5 Å². The third-order valence-corrected chi connectivity index (χ3v) is 6.32. The van der Waals surface area contributed by atoms with Crippen LogP contribution < -0.4 is 5.32 Å². The number of benzene rings is 2. The number of alkyl halides is 3. The average Bonchev–Trinajstić information content (AvgIpc) is 3.27. The summed E-state index contributed by atoms with van der Waals surface area (Å²) in [5.74, 6) is -0.788. The molecule has 1 N–H and O–H groups in total. The summed E-state index contributed by atoms with van der Waals surface area (Å²) in [7, 11) is 0. The first-order chi connectivity index (χ1) is 16.1. The summed E-state index contributed by atoms with van der Waals surface area (Å²) in [6.45, 7) is 3.81. The van der Waals surface area contributed by atoms with E-state index >= 15 is 0 Å². The Balaban J connectivity index is 1.63. The van der Waals surface area contributed by atoms with E-state index in [9.17, 15) is 22.8 Å². The molecule has 0 saturated carbocycles. The van der Waals surface area contributed by atoms with Crippen LogP contribution in [0.3, 0.4) is 0 Å². The molecule has 34 heavy (non-hydrogen) atoms. The molecule has 0 fully saturated rings. The SMILES string of the molecule is CC[C@@H](C)N(CCC(=O)Nc1nnc(-c2ccc(Cl)cc2)s1)C(=O)c1ccc(C(F)(F)F)cc1. The van der Waals surface area contributed by atoms with Crippen molar-refractivity contribution in [2.24, 2.45) is 0 Å². The number of aromatic nitrogens is 2. The summed E-state index contributed by atoms with van der Waals surface area (Å²) in [5, 5.41) is 12.2. The maximum absolute atomic E-state index is 12.9. The number of carbonyl (C=O) groups is 2. The average molecular weight is 511 g/mol. The van der Waals surface area contributed by atoms with E-state index in [2.05, 4.69) is 15.5 Å². The molecule has 3 aromatic rings. The summed E-state index contributed by atoms with van der Waals surface area (Å²) in [6, 6.07) is 10.9. The number of hydrogen-bond acceptors (Lipinski definition) is 5. The Labute approximate surface area is 203 Å². The lowest BCUT2D eigenvalue weighted by Crippen LogP contribution is -2.40. The van der Waals surface area contributed by atoms with E-state index in [1.54, 1.807) is 24.3 Å². The van der Waals surface area contributed by atoms with Crippen LogP contribution in [-0.2, 0) is 11.0 Å². The Hall–Kier alpha value is -2.98. The molecule has 0 spiro atoms. The minimum atomic E-state index is -4.48. The smallest absolute Gasteiger partial charge is 0.335 e. The van der Waals surface area contributed by atoms with Crippen molar-refractivity contribution in [3.8, 4) is 10.6 Å². The van der Waals surface area contributed by atoms with Gasteiger partial charge in [0.05, 0.1) is 5.56 Å². The van der Waals surface area contributed by atoms with Gasteiger partial charge in [0.25, 0.3) is 5.91 Å². The second-order valence-electron chi connectivity index (χ2n) is 7.55. The summed E-state index contributed by atoms with van der Waals surface area (Å²) in [6.07, 6.45) is -3.87. The van der Waals surface area contributed by atoms with E-state index in [0.29, 0.717) is 21.6 Å². The number of anilines is 1. The molecule has 0 radical (unpaired) electrons. The van der Waals surface area contributed by atoms with Crippen LogP contribution >= 0.6 is 22.9 Å². The van der Waals surface area contributed by atoms with Crippen molar-refractivity contribution in [1.82, 2.24) is 15.1 Å². The maximum atomic E-state index is 12.9. The molecular weight excluding hydrogens is 489 g/mol. The first-order valence-corrected chi connectivity index (χ1v) is 11.7. The number of nitrogens with one attached hydrogen (secondary N) is 1. The Morgan fingerprint density at radius 1 is 1.09 bits per heavy atom. The minimum Gasteiger partial charge on any atom is -0.335 e. The lowest BCUT2D eigenvalue weighted by molar-refractivity contribution is -0.137. The molecule has 180 valence electrons. The number of nitrogens with zero attached hydrogens (tertiary/aromatic N) is 3. The Morgan fingerprint density at radius 2 is 1.74 bits per heavy atom. The van der Waals surface area contributed by atoms with Crippen molar-refractivity contribution in [2.45, 2.75) is 38.9 Å². The molecule has 0 aliphatic carbocycles. The van der Waals surface area contributed by atoms with Crippen LogP contribution in [0.1, 0.15) is 42.6 Å². The van der Waals surface area contributed by atoms with Gasteiger partial charge in [-0.25, -0.2) is 0 Å². The Morgan fingerprint density at radius 3 is 2.32 bits per heavy atom. The fourth-order valence-corrected chi connectivity index (χ4v) is 3.99. The number of rotatable bonds is 8. The molecular formula is C23H22ClF3N4O2S. The lowest BCUT2D eigenvalue weighted by Gasteiger charge is -2.28. The van der Waals surface area contributed by atoms with Crippen LogP contribution in [0, 0.1) is 0 Å². The number of halogens is 4. The standard InChI is InChI=1S/C23H22ClF3N4O2S/c1-3-14(2)31(21(33)16-4-8-17(9-5-16)23(25,26)27)13-12-19(32)28-22-30-29-20(34-22)15-6-10-18(24)11-7-15/h4-11,14H,3,12-13H2,1-2H3,(H,28,30,32)/t14-/m1/s1. The molecule has 2 aromatic carbocycles. The molecule has 1 heterocycles. The minimum absolute atomic E-state index is 0.00737. The topological polar surface area (TPSA) is 75.2 Å². The zero-order valence-electron chi connectivity index (χ0n) is 18.4. The second-order valence-corrected chi connectivity index (χ2v) is 8.96. The first-order valence-electron chi connectivity index (χ1n) is 10.5. The molecule has 0 aliphatic rings. The predicted octanol–water partition coefficient (Wildman–Crippen LogP) is 6.15. The van der Waals surface area contributed by atoms with Gasteiger partial charge >= 0.3 is 6.18 Å². The molecule has 1 aromatic heterocycles. The quantitative estimate of drug-likeness (QED) is 0.394. The molecule has 0 saturated heterocycles. The van der Waals surface area contributed by atoms with E-state index in [0.717, 1.165) is 29.8 Å². The van der Waals surface area contributed by atoms with E-state index in [1.165, 1.54) is 16.2 Å². The highest BCUT2D eigenvalue weighted by atomic mass is 35.5.